The highest BCUT2D eigenvalue weighted by molar-refractivity contribution is 9.10. The van der Waals surface area contributed by atoms with Crippen LogP contribution in [0.25, 0.3) is 0 Å². The minimum atomic E-state index is -4.61. The van der Waals surface area contributed by atoms with Gasteiger partial charge in [0.15, 0.2) is 11.5 Å². The van der Waals surface area contributed by atoms with Crippen LogP contribution in [0.15, 0.2) is 81.0 Å². The fourth-order valence-corrected chi connectivity index (χ4v) is 8.50. The topological polar surface area (TPSA) is 118 Å². The van der Waals surface area contributed by atoms with E-state index >= 15 is 0 Å². The van der Waals surface area contributed by atoms with Crippen molar-refractivity contribution in [1.82, 2.24) is 4.57 Å². The van der Waals surface area contributed by atoms with Crippen molar-refractivity contribution in [3.8, 4) is 11.5 Å². The van der Waals surface area contributed by atoms with E-state index in [1.165, 1.54) is 25.3 Å². The quantitative estimate of drug-likeness (QED) is 0.241. The third kappa shape index (κ3) is 5.64. The number of carbonyl (C=O) groups is 3. The summed E-state index contributed by atoms with van der Waals surface area (Å²) in [4.78, 5) is 55.2. The number of thioether (sulfide) groups is 1. The molecule has 0 radical (unpaired) electrons. The van der Waals surface area contributed by atoms with Gasteiger partial charge in [0, 0.05) is 21.0 Å². The number of aromatic hydroxyl groups is 1. The van der Waals surface area contributed by atoms with Crippen molar-refractivity contribution in [2.24, 2.45) is 5.92 Å². The molecule has 15 heteroatoms. The van der Waals surface area contributed by atoms with Gasteiger partial charge in [0.25, 0.3) is 0 Å². The molecule has 3 heterocycles. The first kappa shape index (κ1) is 30.9. The third-order valence-electron chi connectivity index (χ3n) is 7.47. The number of benzene rings is 3. The number of fused-ring (bicyclic) bond motifs is 2. The minimum Gasteiger partial charge on any atom is -0.504 e. The SMILES string of the molecule is COc1cc([C@@H]2c3sc(=O)n(CC(=O)Nc4cccc(C(F)(F)F)c4)c3S[C@@H]3C(=O)N(c4ccc(Br)cc4)C(=O)[C@H]23)ccc1O. The monoisotopic (exact) mass is 719 g/mol. The smallest absolute Gasteiger partial charge is 0.416 e. The fraction of sp³-hybridized carbons (Fsp3) is 0.200. The number of imide groups is 1. The van der Waals surface area contributed by atoms with Crippen molar-refractivity contribution in [1.29, 1.82) is 0 Å². The van der Waals surface area contributed by atoms with E-state index in [0.29, 0.717) is 21.2 Å². The Labute approximate surface area is 269 Å². The predicted molar refractivity (Wildman–Crippen MR) is 165 cm³/mol. The Morgan fingerprint density at radius 3 is 2.47 bits per heavy atom. The average molecular weight is 721 g/mol. The molecule has 9 nitrogen and oxygen atoms in total. The van der Waals surface area contributed by atoms with Crippen LogP contribution >= 0.6 is 39.0 Å². The van der Waals surface area contributed by atoms with Gasteiger partial charge in [-0.25, -0.2) is 4.90 Å². The molecule has 45 heavy (non-hydrogen) atoms. The number of aromatic nitrogens is 1. The summed E-state index contributed by atoms with van der Waals surface area (Å²) in [7, 11) is 1.36. The van der Waals surface area contributed by atoms with Gasteiger partial charge in [-0.15, -0.1) is 0 Å². The third-order valence-corrected chi connectivity index (χ3v) is 10.6. The molecule has 1 fully saturated rings. The van der Waals surface area contributed by atoms with Gasteiger partial charge in [0.1, 0.15) is 11.8 Å². The first-order valence-electron chi connectivity index (χ1n) is 13.2. The predicted octanol–water partition coefficient (Wildman–Crippen LogP) is 5.84. The number of hydrogen-bond acceptors (Lipinski definition) is 8. The van der Waals surface area contributed by atoms with Crippen LogP contribution in [0.4, 0.5) is 24.5 Å². The lowest BCUT2D eigenvalue weighted by Gasteiger charge is -2.31. The van der Waals surface area contributed by atoms with Gasteiger partial charge in [-0.3, -0.25) is 23.7 Å². The summed E-state index contributed by atoms with van der Waals surface area (Å²) in [5, 5.41) is 12.0. The summed E-state index contributed by atoms with van der Waals surface area (Å²) < 4.78 is 46.7. The van der Waals surface area contributed by atoms with E-state index in [4.69, 9.17) is 4.74 Å². The highest BCUT2D eigenvalue weighted by Gasteiger charge is 2.57. The zero-order valence-corrected chi connectivity index (χ0v) is 26.2. The zero-order chi connectivity index (χ0) is 32.2. The van der Waals surface area contributed by atoms with Crippen LogP contribution in [0.1, 0.15) is 21.9 Å². The van der Waals surface area contributed by atoms with E-state index in [1.807, 2.05) is 0 Å². The highest BCUT2D eigenvalue weighted by Crippen LogP contribution is 2.54. The number of nitrogens with one attached hydrogen (secondary N) is 1. The van der Waals surface area contributed by atoms with E-state index in [-0.39, 0.29) is 17.2 Å². The molecule has 2 aliphatic rings. The summed E-state index contributed by atoms with van der Waals surface area (Å²) in [5.74, 6) is -3.51. The molecule has 1 saturated heterocycles. The van der Waals surface area contributed by atoms with Gasteiger partial charge in [-0.1, -0.05) is 51.2 Å². The Bertz CT molecular complexity index is 1910. The van der Waals surface area contributed by atoms with Crippen molar-refractivity contribution in [3.63, 3.8) is 0 Å². The molecule has 3 atom stereocenters. The zero-order valence-electron chi connectivity index (χ0n) is 23.0. The second kappa shape index (κ2) is 11.7. The van der Waals surface area contributed by atoms with Gasteiger partial charge in [-0.2, -0.15) is 13.2 Å². The fourth-order valence-electron chi connectivity index (χ4n) is 5.46. The lowest BCUT2D eigenvalue weighted by molar-refractivity contribution is -0.137. The van der Waals surface area contributed by atoms with E-state index in [2.05, 4.69) is 21.2 Å². The summed E-state index contributed by atoms with van der Waals surface area (Å²) >= 11 is 5.15. The maximum atomic E-state index is 14.0. The number of rotatable bonds is 6. The second-order valence-electron chi connectivity index (χ2n) is 10.2. The molecular formula is C30H21BrF3N3O6S2. The average Bonchev–Trinajstić information content (AvgIpc) is 3.44. The molecule has 0 saturated carbocycles. The molecular weight excluding hydrogens is 699 g/mol. The molecule has 232 valence electrons. The van der Waals surface area contributed by atoms with Crippen molar-refractivity contribution in [2.75, 3.05) is 17.3 Å². The molecule has 3 amide bonds. The Kier molecular flexibility index (Phi) is 8.03. The number of phenols is 1. The maximum absolute atomic E-state index is 14.0. The van der Waals surface area contributed by atoms with Crippen molar-refractivity contribution in [3.05, 3.63) is 96.9 Å². The number of carbonyl (C=O) groups excluding carboxylic acids is 3. The van der Waals surface area contributed by atoms with Crippen LogP contribution in [0.2, 0.25) is 0 Å². The number of methoxy groups -OCH3 is 1. The number of halogens is 4. The van der Waals surface area contributed by atoms with Crippen LogP contribution in [0.5, 0.6) is 11.5 Å². The van der Waals surface area contributed by atoms with Gasteiger partial charge < -0.3 is 15.2 Å². The molecule has 0 unspecified atom stereocenters. The molecule has 0 aliphatic carbocycles. The normalized spacial score (nSPS) is 19.3. The number of ether oxygens (including phenoxy) is 1. The van der Waals surface area contributed by atoms with Crippen molar-refractivity contribution in [2.45, 2.75) is 28.9 Å². The van der Waals surface area contributed by atoms with Gasteiger partial charge in [-0.05, 0) is 60.2 Å². The van der Waals surface area contributed by atoms with Crippen LogP contribution in [-0.2, 0) is 27.1 Å². The van der Waals surface area contributed by atoms with Gasteiger partial charge in [0.2, 0.25) is 17.7 Å². The number of amides is 3. The summed E-state index contributed by atoms with van der Waals surface area (Å²) in [6.07, 6.45) is -4.61. The lowest BCUT2D eigenvalue weighted by atomic mass is 9.83. The number of anilines is 2. The summed E-state index contributed by atoms with van der Waals surface area (Å²) in [6, 6.07) is 15.3. The van der Waals surface area contributed by atoms with Crippen molar-refractivity contribution >= 4 is 68.1 Å². The Morgan fingerprint density at radius 2 is 1.78 bits per heavy atom. The lowest BCUT2D eigenvalue weighted by Crippen LogP contribution is -2.33. The standard InChI is InChI=1S/C30H21BrF3N3O6S2/c1-43-20-11-14(5-10-19(20)38)22-23-24(27(41)37(26(23)40)18-8-6-16(31)7-9-18)44-28-25(22)45-29(42)36(28)13-21(39)35-17-4-2-3-15(12-17)30(32,33)34/h2-12,22-24,38H,13H2,1H3,(H,35,39)/t22-,23+,24-/m0/s1. The Morgan fingerprint density at radius 1 is 1.04 bits per heavy atom. The first-order chi connectivity index (χ1) is 21.4. The number of phenolic OH excluding ortho intramolecular Hbond substituents is 1. The molecule has 1 aromatic heterocycles. The van der Waals surface area contributed by atoms with Crippen LogP contribution < -0.4 is 19.8 Å². The van der Waals surface area contributed by atoms with E-state index in [0.717, 1.165) is 55.2 Å². The number of hydrogen-bond donors (Lipinski definition) is 2. The number of nitrogens with zero attached hydrogens (tertiary/aromatic N) is 2. The molecule has 2 aliphatic heterocycles. The Balaban J connectivity index is 1.40. The number of thiazole rings is 1. The minimum absolute atomic E-state index is 0.101. The molecule has 4 aromatic rings. The first-order valence-corrected chi connectivity index (χ1v) is 15.7. The highest BCUT2D eigenvalue weighted by atomic mass is 79.9. The van der Waals surface area contributed by atoms with Crippen molar-refractivity contribution < 1.29 is 37.4 Å². The van der Waals surface area contributed by atoms with Gasteiger partial charge >= 0.3 is 11.0 Å². The largest absolute Gasteiger partial charge is 0.504 e. The van der Waals surface area contributed by atoms with Crippen LogP contribution in [-0.4, -0.2) is 39.8 Å². The van der Waals surface area contributed by atoms with E-state index in [9.17, 15) is 37.5 Å². The molecule has 0 spiro atoms. The molecule has 3 aromatic carbocycles. The van der Waals surface area contributed by atoms with Crippen LogP contribution in [0, 0.1) is 5.92 Å². The maximum Gasteiger partial charge on any atom is 0.416 e. The van der Waals surface area contributed by atoms with E-state index < -0.39 is 58.0 Å². The molecule has 6 rings (SSSR count). The molecule has 2 N–H and O–H groups in total. The van der Waals surface area contributed by atoms with Gasteiger partial charge in [0.05, 0.1) is 29.3 Å². The van der Waals surface area contributed by atoms with Crippen LogP contribution in [0.3, 0.4) is 0 Å². The number of alkyl halides is 3. The summed E-state index contributed by atoms with van der Waals surface area (Å²) in [5.41, 5.74) is -0.178. The van der Waals surface area contributed by atoms with E-state index in [1.54, 1.807) is 30.3 Å². The Hall–Kier alpha value is -4.08. The molecule has 0 bridgehead atoms. The second-order valence-corrected chi connectivity index (χ2v) is 13.3. The summed E-state index contributed by atoms with van der Waals surface area (Å²) in [6.45, 7) is -0.546.